The van der Waals surface area contributed by atoms with E-state index in [1.807, 2.05) is 72.8 Å². The van der Waals surface area contributed by atoms with Crippen molar-refractivity contribution in [3.05, 3.63) is 121 Å². The summed E-state index contributed by atoms with van der Waals surface area (Å²) < 4.78 is 1.16. The summed E-state index contributed by atoms with van der Waals surface area (Å²) in [5.41, 5.74) is 6.47. The van der Waals surface area contributed by atoms with E-state index in [2.05, 4.69) is 52.4 Å². The van der Waals surface area contributed by atoms with E-state index in [4.69, 9.17) is 21.6 Å². The van der Waals surface area contributed by atoms with Gasteiger partial charge in [-0.05, 0) is 29.8 Å². The van der Waals surface area contributed by atoms with Gasteiger partial charge in [-0.15, -0.1) is 11.3 Å². The van der Waals surface area contributed by atoms with Crippen LogP contribution in [0.15, 0.2) is 115 Å². The number of benzene rings is 4. The van der Waals surface area contributed by atoms with E-state index in [0.29, 0.717) is 5.82 Å². The Kier molecular flexibility index (Phi) is 5.65. The van der Waals surface area contributed by atoms with Gasteiger partial charge in [-0.1, -0.05) is 97.1 Å². The van der Waals surface area contributed by atoms with E-state index in [1.165, 1.54) is 0 Å². The van der Waals surface area contributed by atoms with Crippen molar-refractivity contribution >= 4 is 43.2 Å². The molecule has 4 aromatic carbocycles. The van der Waals surface area contributed by atoms with E-state index in [9.17, 15) is 0 Å². The molecular formula is C32H19ClN4S. The highest BCUT2D eigenvalue weighted by molar-refractivity contribution is 7.25. The Bertz CT molecular complexity index is 1880. The lowest BCUT2D eigenvalue weighted by atomic mass is 10.0. The summed E-state index contributed by atoms with van der Waals surface area (Å²) in [4.78, 5) is 20.0. The molecule has 3 aromatic heterocycles. The van der Waals surface area contributed by atoms with Gasteiger partial charge in [0.2, 0.25) is 5.28 Å². The van der Waals surface area contributed by atoms with Crippen molar-refractivity contribution < 1.29 is 0 Å². The van der Waals surface area contributed by atoms with Crippen LogP contribution in [0.2, 0.25) is 5.28 Å². The monoisotopic (exact) mass is 526 g/mol. The van der Waals surface area contributed by atoms with Gasteiger partial charge in [-0.25, -0.2) is 19.9 Å². The summed E-state index contributed by atoms with van der Waals surface area (Å²) in [6.07, 6.45) is 0. The number of fused-ring (bicyclic) bond motifs is 3. The Balaban J connectivity index is 1.43. The van der Waals surface area contributed by atoms with Crippen LogP contribution in [0.5, 0.6) is 0 Å². The molecule has 180 valence electrons. The first-order valence-electron chi connectivity index (χ1n) is 12.2. The van der Waals surface area contributed by atoms with E-state index >= 15 is 0 Å². The van der Waals surface area contributed by atoms with Crippen LogP contribution in [-0.2, 0) is 0 Å². The van der Waals surface area contributed by atoms with Crippen LogP contribution >= 0.6 is 22.9 Å². The molecule has 0 fully saturated rings. The van der Waals surface area contributed by atoms with Crippen molar-refractivity contribution in [3.63, 3.8) is 0 Å². The van der Waals surface area contributed by atoms with Gasteiger partial charge in [0, 0.05) is 37.7 Å². The molecule has 7 rings (SSSR count). The SMILES string of the molecule is Clc1nc(-c2cccc(-c3cc(-c4ccccc4)nc(-c4ccccc4)n3)c2)c2c(n1)sc1ccccc12. The zero-order chi connectivity index (χ0) is 25.5. The molecular weight excluding hydrogens is 508 g/mol. The number of rotatable bonds is 4. The highest BCUT2D eigenvalue weighted by Crippen LogP contribution is 2.39. The summed E-state index contributed by atoms with van der Waals surface area (Å²) in [5, 5.41) is 2.39. The lowest BCUT2D eigenvalue weighted by Crippen LogP contribution is -1.96. The first kappa shape index (κ1) is 22.7. The van der Waals surface area contributed by atoms with Gasteiger partial charge in [0.05, 0.1) is 17.1 Å². The smallest absolute Gasteiger partial charge is 0.224 e. The first-order valence-corrected chi connectivity index (χ1v) is 13.4. The van der Waals surface area contributed by atoms with E-state index in [-0.39, 0.29) is 5.28 Å². The highest BCUT2D eigenvalue weighted by Gasteiger charge is 2.16. The molecule has 0 aliphatic rings. The number of halogens is 1. The molecule has 0 saturated carbocycles. The molecule has 0 N–H and O–H groups in total. The molecule has 0 unspecified atom stereocenters. The van der Waals surface area contributed by atoms with Gasteiger partial charge in [0.25, 0.3) is 0 Å². The molecule has 6 heteroatoms. The molecule has 3 heterocycles. The Morgan fingerprint density at radius 3 is 1.95 bits per heavy atom. The first-order chi connectivity index (χ1) is 18.7. The third kappa shape index (κ3) is 4.12. The van der Waals surface area contributed by atoms with Crippen molar-refractivity contribution in [1.82, 2.24) is 19.9 Å². The zero-order valence-electron chi connectivity index (χ0n) is 20.0. The van der Waals surface area contributed by atoms with Gasteiger partial charge in [-0.3, -0.25) is 0 Å². The fraction of sp³-hybridized carbons (Fsp3) is 0. The molecule has 0 atom stereocenters. The van der Waals surface area contributed by atoms with Gasteiger partial charge in [-0.2, -0.15) is 0 Å². The van der Waals surface area contributed by atoms with Crippen LogP contribution in [0.25, 0.3) is 65.5 Å². The molecule has 7 aromatic rings. The summed E-state index contributed by atoms with van der Waals surface area (Å²) >= 11 is 8.03. The van der Waals surface area contributed by atoms with Crippen molar-refractivity contribution in [2.75, 3.05) is 0 Å². The highest BCUT2D eigenvalue weighted by atomic mass is 35.5. The molecule has 38 heavy (non-hydrogen) atoms. The van der Waals surface area contributed by atoms with Crippen LogP contribution in [0.1, 0.15) is 0 Å². The van der Waals surface area contributed by atoms with Crippen molar-refractivity contribution in [1.29, 1.82) is 0 Å². The molecule has 0 aliphatic carbocycles. The minimum absolute atomic E-state index is 0.240. The Morgan fingerprint density at radius 2 is 1.16 bits per heavy atom. The minimum atomic E-state index is 0.240. The maximum atomic E-state index is 6.40. The summed E-state index contributed by atoms with van der Waals surface area (Å²) in [7, 11) is 0. The van der Waals surface area contributed by atoms with E-state index < -0.39 is 0 Å². The Hall–Kier alpha value is -4.45. The summed E-state index contributed by atoms with van der Waals surface area (Å²) in [5.74, 6) is 0.684. The van der Waals surface area contributed by atoms with E-state index in [0.717, 1.165) is 59.6 Å². The normalized spacial score (nSPS) is 11.3. The van der Waals surface area contributed by atoms with Crippen LogP contribution in [0.4, 0.5) is 0 Å². The van der Waals surface area contributed by atoms with Crippen LogP contribution in [-0.4, -0.2) is 19.9 Å². The third-order valence-corrected chi connectivity index (χ3v) is 7.70. The Morgan fingerprint density at radius 1 is 0.526 bits per heavy atom. The largest absolute Gasteiger partial charge is 0.228 e. The Labute approximate surface area is 228 Å². The molecule has 0 aliphatic heterocycles. The van der Waals surface area contributed by atoms with Gasteiger partial charge in [0.1, 0.15) is 4.83 Å². The lowest BCUT2D eigenvalue weighted by Gasteiger charge is -2.11. The van der Waals surface area contributed by atoms with Gasteiger partial charge < -0.3 is 0 Å². The fourth-order valence-electron chi connectivity index (χ4n) is 4.70. The standard InChI is InChI=1S/C32H19ClN4S/c33-32-36-29(28-24-16-7-8-17-27(24)38-31(28)37-32)23-15-9-14-22(18-23)26-19-25(20-10-3-1-4-11-20)34-30(35-26)21-12-5-2-6-13-21/h1-19H. The van der Waals surface area contributed by atoms with Crippen molar-refractivity contribution in [2.24, 2.45) is 0 Å². The number of thiophene rings is 1. The lowest BCUT2D eigenvalue weighted by molar-refractivity contribution is 1.18. The summed E-state index contributed by atoms with van der Waals surface area (Å²) in [6, 6.07) is 38.9. The van der Waals surface area contributed by atoms with Crippen LogP contribution < -0.4 is 0 Å². The molecule has 0 saturated heterocycles. The van der Waals surface area contributed by atoms with Crippen molar-refractivity contribution in [2.45, 2.75) is 0 Å². The zero-order valence-corrected chi connectivity index (χ0v) is 21.6. The van der Waals surface area contributed by atoms with E-state index in [1.54, 1.807) is 11.3 Å². The average molecular weight is 527 g/mol. The topological polar surface area (TPSA) is 51.6 Å². The second kappa shape index (κ2) is 9.45. The predicted octanol–water partition coefficient (Wildman–Crippen LogP) is 8.96. The maximum Gasteiger partial charge on any atom is 0.224 e. The number of aromatic nitrogens is 4. The fourth-order valence-corrected chi connectivity index (χ4v) is 5.99. The van der Waals surface area contributed by atoms with Crippen LogP contribution in [0.3, 0.4) is 0 Å². The minimum Gasteiger partial charge on any atom is -0.228 e. The number of hydrogen-bond donors (Lipinski definition) is 0. The molecule has 0 bridgehead atoms. The quantitative estimate of drug-likeness (QED) is 0.215. The molecule has 4 nitrogen and oxygen atoms in total. The number of nitrogens with zero attached hydrogens (tertiary/aromatic N) is 4. The van der Waals surface area contributed by atoms with Gasteiger partial charge in [0.15, 0.2) is 5.82 Å². The molecule has 0 amide bonds. The predicted molar refractivity (Wildman–Crippen MR) is 157 cm³/mol. The van der Waals surface area contributed by atoms with Crippen LogP contribution in [0, 0.1) is 0 Å². The molecule has 0 spiro atoms. The maximum absolute atomic E-state index is 6.40. The second-order valence-electron chi connectivity index (χ2n) is 8.89. The summed E-state index contributed by atoms with van der Waals surface area (Å²) in [6.45, 7) is 0. The van der Waals surface area contributed by atoms with Crippen molar-refractivity contribution in [3.8, 4) is 45.2 Å². The van der Waals surface area contributed by atoms with Gasteiger partial charge >= 0.3 is 0 Å². The third-order valence-electron chi connectivity index (χ3n) is 6.47. The number of hydrogen-bond acceptors (Lipinski definition) is 5. The second-order valence-corrected chi connectivity index (χ2v) is 10.3. The average Bonchev–Trinajstić information content (AvgIpc) is 3.35. The molecule has 0 radical (unpaired) electrons.